The minimum absolute atomic E-state index is 0.0670. The van der Waals surface area contributed by atoms with Crippen molar-refractivity contribution in [2.24, 2.45) is 5.92 Å². The fourth-order valence-corrected chi connectivity index (χ4v) is 3.90. The predicted octanol–water partition coefficient (Wildman–Crippen LogP) is 4.47. The number of hydrogen-bond acceptors (Lipinski definition) is 6. The first-order chi connectivity index (χ1) is 16.9. The summed E-state index contributed by atoms with van der Waals surface area (Å²) >= 11 is 0. The summed E-state index contributed by atoms with van der Waals surface area (Å²) in [6, 6.07) is 17.0. The van der Waals surface area contributed by atoms with Gasteiger partial charge in [0.1, 0.15) is 12.6 Å². The summed E-state index contributed by atoms with van der Waals surface area (Å²) in [6.45, 7) is 3.27. The number of anilines is 1. The number of carbonyl (C=O) groups excluding carboxylic acids is 2. The highest BCUT2D eigenvalue weighted by molar-refractivity contribution is 5.87. The maximum atomic E-state index is 11.0. The number of likely N-dealkylation sites (tertiary alicyclic amines) is 1. The van der Waals surface area contributed by atoms with E-state index < -0.39 is 5.97 Å². The number of nitrogens with zero attached hydrogens (tertiary/aromatic N) is 1. The normalized spacial score (nSPS) is 17.7. The third-order valence-electron chi connectivity index (χ3n) is 6.20. The van der Waals surface area contributed by atoms with Crippen molar-refractivity contribution in [2.75, 3.05) is 32.6 Å². The van der Waals surface area contributed by atoms with Crippen LogP contribution < -0.4 is 5.32 Å². The maximum absolute atomic E-state index is 11.0. The minimum Gasteiger partial charge on any atom is -0.478 e. The van der Waals surface area contributed by atoms with E-state index in [1.807, 2.05) is 32.2 Å². The SMILES string of the molecule is CCC(C=O)CCCCO.CN1CC[C@@H](c2ccccc2)[C@H]1C=O.CNc1ccc(C(=O)O)cc1. The molecule has 1 aliphatic rings. The summed E-state index contributed by atoms with van der Waals surface area (Å²) in [5.41, 5.74) is 2.51. The Morgan fingerprint density at radius 3 is 2.26 bits per heavy atom. The van der Waals surface area contributed by atoms with E-state index in [2.05, 4.69) is 22.3 Å². The molecule has 3 N–H and O–H groups in total. The number of rotatable bonds is 10. The summed E-state index contributed by atoms with van der Waals surface area (Å²) in [6.07, 6.45) is 6.82. The van der Waals surface area contributed by atoms with Gasteiger partial charge in [0.05, 0.1) is 11.6 Å². The van der Waals surface area contributed by atoms with Crippen molar-refractivity contribution < 1.29 is 24.6 Å². The number of aliphatic hydroxyl groups excluding tert-OH is 1. The molecule has 0 amide bonds. The molecule has 1 fully saturated rings. The molecule has 0 aromatic heterocycles. The fourth-order valence-electron chi connectivity index (χ4n) is 3.90. The van der Waals surface area contributed by atoms with E-state index in [0.29, 0.717) is 11.5 Å². The van der Waals surface area contributed by atoms with Gasteiger partial charge in [0.15, 0.2) is 0 Å². The molecule has 0 spiro atoms. The lowest BCUT2D eigenvalue weighted by atomic mass is 9.93. The third kappa shape index (κ3) is 10.8. The van der Waals surface area contributed by atoms with E-state index in [1.54, 1.807) is 31.3 Å². The highest BCUT2D eigenvalue weighted by atomic mass is 16.4. The number of carbonyl (C=O) groups is 3. The zero-order chi connectivity index (χ0) is 26.1. The molecule has 0 aliphatic carbocycles. The second-order valence-corrected chi connectivity index (χ2v) is 8.57. The van der Waals surface area contributed by atoms with Crippen molar-refractivity contribution in [3.8, 4) is 0 Å². The van der Waals surface area contributed by atoms with Crippen molar-refractivity contribution in [3.63, 3.8) is 0 Å². The van der Waals surface area contributed by atoms with E-state index in [9.17, 15) is 14.4 Å². The lowest BCUT2D eigenvalue weighted by Gasteiger charge is -2.19. The van der Waals surface area contributed by atoms with Crippen LogP contribution in [0, 0.1) is 5.92 Å². The number of hydrogen-bond donors (Lipinski definition) is 3. The van der Waals surface area contributed by atoms with Gasteiger partial charge in [-0.1, -0.05) is 43.7 Å². The van der Waals surface area contributed by atoms with E-state index in [-0.39, 0.29) is 18.6 Å². The monoisotopic (exact) mass is 484 g/mol. The Morgan fingerprint density at radius 1 is 1.11 bits per heavy atom. The van der Waals surface area contributed by atoms with Crippen LogP contribution in [0.5, 0.6) is 0 Å². The summed E-state index contributed by atoms with van der Waals surface area (Å²) in [5, 5.41) is 19.9. The molecule has 3 atom stereocenters. The van der Waals surface area contributed by atoms with Gasteiger partial charge < -0.3 is 25.1 Å². The lowest BCUT2D eigenvalue weighted by Crippen LogP contribution is -2.29. The van der Waals surface area contributed by atoms with E-state index in [1.165, 1.54) is 5.56 Å². The Labute approximate surface area is 209 Å². The van der Waals surface area contributed by atoms with Crippen LogP contribution in [0.1, 0.15) is 60.9 Å². The Kier molecular flexibility index (Phi) is 14.9. The highest BCUT2D eigenvalue weighted by Gasteiger charge is 2.32. The molecule has 7 heteroatoms. The molecular formula is C28H40N2O5. The van der Waals surface area contributed by atoms with E-state index >= 15 is 0 Å². The Hall–Kier alpha value is -3.03. The number of likely N-dealkylation sites (N-methyl/N-ethyl adjacent to an activating group) is 1. The average Bonchev–Trinajstić information content (AvgIpc) is 3.28. The molecule has 1 heterocycles. The highest BCUT2D eigenvalue weighted by Crippen LogP contribution is 2.31. The van der Waals surface area contributed by atoms with Crippen molar-refractivity contribution in [1.29, 1.82) is 0 Å². The van der Waals surface area contributed by atoms with Gasteiger partial charge in [-0.25, -0.2) is 4.79 Å². The van der Waals surface area contributed by atoms with Crippen LogP contribution in [0.3, 0.4) is 0 Å². The molecule has 0 saturated carbocycles. The molecule has 35 heavy (non-hydrogen) atoms. The lowest BCUT2D eigenvalue weighted by molar-refractivity contribution is -0.112. The largest absolute Gasteiger partial charge is 0.478 e. The maximum Gasteiger partial charge on any atom is 0.335 e. The van der Waals surface area contributed by atoms with E-state index in [0.717, 1.165) is 56.9 Å². The zero-order valence-corrected chi connectivity index (χ0v) is 21.1. The average molecular weight is 485 g/mol. The Bertz CT molecular complexity index is 857. The Balaban J connectivity index is 0.000000268. The number of aliphatic hydroxyl groups is 1. The van der Waals surface area contributed by atoms with Crippen molar-refractivity contribution >= 4 is 24.2 Å². The minimum atomic E-state index is -0.896. The van der Waals surface area contributed by atoms with Crippen LogP contribution in [-0.2, 0) is 9.59 Å². The molecule has 1 aliphatic heterocycles. The standard InChI is InChI=1S/C12H15NO.C8H9NO2.C8H16O2/c1-13-8-7-11(12(13)9-14)10-5-3-2-4-6-10;1-9-7-4-2-6(3-5-7)8(10)11;1-2-8(7-10)5-3-4-6-9/h2-6,9,11-12H,7-8H2,1H3;2-5,9H,1H3,(H,10,11);7-9H,2-6H2,1H3/t11-,12+;;/m0../s1. The van der Waals surface area contributed by atoms with Crippen LogP contribution in [0.4, 0.5) is 5.69 Å². The summed E-state index contributed by atoms with van der Waals surface area (Å²) in [7, 11) is 3.80. The van der Waals surface area contributed by atoms with Gasteiger partial charge in [-0.15, -0.1) is 0 Å². The van der Waals surface area contributed by atoms with Crippen LogP contribution in [0.15, 0.2) is 54.6 Å². The number of aromatic carboxylic acids is 1. The molecule has 2 aromatic carbocycles. The molecule has 1 saturated heterocycles. The number of aldehydes is 2. The number of carboxylic acid groups (broad SMARTS) is 1. The first kappa shape index (κ1) is 30.0. The molecule has 3 rings (SSSR count). The zero-order valence-electron chi connectivity index (χ0n) is 21.1. The van der Waals surface area contributed by atoms with Gasteiger partial charge in [-0.2, -0.15) is 0 Å². The van der Waals surface area contributed by atoms with Gasteiger partial charge in [0, 0.05) is 31.2 Å². The summed E-state index contributed by atoms with van der Waals surface area (Å²) in [5.74, 6) is -0.294. The molecule has 2 aromatic rings. The molecule has 192 valence electrons. The van der Waals surface area contributed by atoms with Gasteiger partial charge in [-0.3, -0.25) is 4.90 Å². The van der Waals surface area contributed by atoms with Gasteiger partial charge in [0.25, 0.3) is 0 Å². The molecule has 0 bridgehead atoms. The van der Waals surface area contributed by atoms with Gasteiger partial charge in [0.2, 0.25) is 0 Å². The number of carboxylic acids is 1. The second kappa shape index (κ2) is 17.4. The second-order valence-electron chi connectivity index (χ2n) is 8.57. The van der Waals surface area contributed by atoms with Crippen LogP contribution in [0.25, 0.3) is 0 Å². The van der Waals surface area contributed by atoms with Gasteiger partial charge in [-0.05, 0) is 69.1 Å². The topological polar surface area (TPSA) is 107 Å². The summed E-state index contributed by atoms with van der Waals surface area (Å²) in [4.78, 5) is 33.7. The predicted molar refractivity (Wildman–Crippen MR) is 140 cm³/mol. The number of nitrogens with one attached hydrogen (secondary N) is 1. The van der Waals surface area contributed by atoms with Crippen LogP contribution in [-0.4, -0.2) is 66.9 Å². The quantitative estimate of drug-likeness (QED) is 0.337. The molecule has 7 nitrogen and oxygen atoms in total. The van der Waals surface area contributed by atoms with Crippen LogP contribution >= 0.6 is 0 Å². The smallest absolute Gasteiger partial charge is 0.335 e. The van der Waals surface area contributed by atoms with Crippen molar-refractivity contribution in [3.05, 3.63) is 65.7 Å². The Morgan fingerprint density at radius 2 is 1.77 bits per heavy atom. The van der Waals surface area contributed by atoms with E-state index in [4.69, 9.17) is 10.2 Å². The third-order valence-corrected chi connectivity index (χ3v) is 6.20. The number of benzene rings is 2. The molecule has 0 radical (unpaired) electrons. The van der Waals surface area contributed by atoms with Crippen molar-refractivity contribution in [2.45, 2.75) is 51.0 Å². The first-order valence-corrected chi connectivity index (χ1v) is 12.2. The first-order valence-electron chi connectivity index (χ1n) is 12.2. The molecule has 1 unspecified atom stereocenters. The summed E-state index contributed by atoms with van der Waals surface area (Å²) < 4.78 is 0. The van der Waals surface area contributed by atoms with Crippen molar-refractivity contribution in [1.82, 2.24) is 4.90 Å². The van der Waals surface area contributed by atoms with Crippen LogP contribution in [0.2, 0.25) is 0 Å². The number of unbranched alkanes of at least 4 members (excludes halogenated alkanes) is 1. The van der Waals surface area contributed by atoms with Gasteiger partial charge >= 0.3 is 5.97 Å². The molecular weight excluding hydrogens is 444 g/mol. The fraction of sp³-hybridized carbons (Fsp3) is 0.464.